The lowest BCUT2D eigenvalue weighted by molar-refractivity contribution is -0.139. The number of amides is 1. The van der Waals surface area contributed by atoms with Crippen molar-refractivity contribution in [3.8, 4) is 0 Å². The Morgan fingerprint density at radius 2 is 1.58 bits per heavy atom. The van der Waals surface area contributed by atoms with Crippen LogP contribution >= 0.6 is 0 Å². The van der Waals surface area contributed by atoms with Gasteiger partial charge in [-0.3, -0.25) is 15.1 Å². The van der Waals surface area contributed by atoms with Gasteiger partial charge in [0.05, 0.1) is 11.5 Å². The van der Waals surface area contributed by atoms with E-state index in [1.54, 1.807) is 0 Å². The molecule has 2 aromatic carbocycles. The Labute approximate surface area is 154 Å². The summed E-state index contributed by atoms with van der Waals surface area (Å²) in [7, 11) is 0. The summed E-state index contributed by atoms with van der Waals surface area (Å²) in [6, 6.07) is 20.1. The quantitative estimate of drug-likeness (QED) is 0.421. The van der Waals surface area contributed by atoms with E-state index in [1.165, 1.54) is 5.56 Å². The van der Waals surface area contributed by atoms with Gasteiger partial charge in [-0.1, -0.05) is 60.7 Å². The van der Waals surface area contributed by atoms with Crippen LogP contribution in [-0.4, -0.2) is 34.6 Å². The van der Waals surface area contributed by atoms with Gasteiger partial charge >= 0.3 is 0 Å². The number of carbonyl (C=O) groups is 1. The second kappa shape index (κ2) is 8.45. The fourth-order valence-electron chi connectivity index (χ4n) is 3.77. The molecule has 3 rings (SSSR count). The van der Waals surface area contributed by atoms with Gasteiger partial charge in [0.1, 0.15) is 0 Å². The molecule has 0 saturated carbocycles. The second-order valence-electron chi connectivity index (χ2n) is 7.12. The first kappa shape index (κ1) is 18.6. The molecule has 2 aromatic rings. The van der Waals surface area contributed by atoms with E-state index in [9.17, 15) is 9.90 Å². The highest BCUT2D eigenvalue weighted by atomic mass is 16.3. The van der Waals surface area contributed by atoms with Crippen LogP contribution in [0, 0.1) is 5.92 Å². The molecule has 1 aliphatic rings. The zero-order valence-corrected chi connectivity index (χ0v) is 15.0. The minimum atomic E-state index is -1.04. The van der Waals surface area contributed by atoms with Crippen molar-refractivity contribution in [2.24, 2.45) is 11.8 Å². The first-order chi connectivity index (χ1) is 12.6. The Balaban J connectivity index is 1.66. The lowest BCUT2D eigenvalue weighted by Crippen LogP contribution is -2.54. The van der Waals surface area contributed by atoms with Crippen molar-refractivity contribution in [1.82, 2.24) is 10.3 Å². The van der Waals surface area contributed by atoms with Crippen molar-refractivity contribution in [3.05, 3.63) is 71.8 Å². The third kappa shape index (κ3) is 4.49. The molecule has 1 aliphatic heterocycles. The number of nitrogens with zero attached hydrogens (tertiary/aromatic N) is 1. The van der Waals surface area contributed by atoms with E-state index in [4.69, 9.17) is 5.84 Å². The Morgan fingerprint density at radius 3 is 2.12 bits per heavy atom. The Morgan fingerprint density at radius 1 is 1.04 bits per heavy atom. The summed E-state index contributed by atoms with van der Waals surface area (Å²) in [6.07, 6.45) is 1.61. The van der Waals surface area contributed by atoms with E-state index in [2.05, 4.69) is 22.5 Å². The molecule has 4 N–H and O–H groups in total. The van der Waals surface area contributed by atoms with Crippen molar-refractivity contribution in [3.63, 3.8) is 0 Å². The molecule has 5 heteroatoms. The number of hydrogen-bond donors (Lipinski definition) is 3. The van der Waals surface area contributed by atoms with Gasteiger partial charge < -0.3 is 5.11 Å². The lowest BCUT2D eigenvalue weighted by Gasteiger charge is -2.42. The normalized spacial score (nSPS) is 18.2. The van der Waals surface area contributed by atoms with Crippen LogP contribution in [0.2, 0.25) is 0 Å². The molecule has 1 saturated heterocycles. The zero-order chi connectivity index (χ0) is 18.4. The highest BCUT2D eigenvalue weighted by Crippen LogP contribution is 2.33. The Bertz CT molecular complexity index is 698. The fourth-order valence-corrected chi connectivity index (χ4v) is 3.77. The van der Waals surface area contributed by atoms with Gasteiger partial charge in [0.25, 0.3) is 0 Å². The summed E-state index contributed by atoms with van der Waals surface area (Å²) >= 11 is 0. The smallest absolute Gasteiger partial charge is 0.240 e. The van der Waals surface area contributed by atoms with Crippen LogP contribution in [0.4, 0.5) is 0 Å². The molecule has 1 atom stereocenters. The van der Waals surface area contributed by atoms with Crippen LogP contribution in [0.1, 0.15) is 24.0 Å². The molecule has 5 nitrogen and oxygen atoms in total. The van der Waals surface area contributed by atoms with Crippen molar-refractivity contribution in [2.75, 3.05) is 13.1 Å². The average Bonchev–Trinajstić information content (AvgIpc) is 2.69. The van der Waals surface area contributed by atoms with Gasteiger partial charge in [0.15, 0.2) is 0 Å². The van der Waals surface area contributed by atoms with Gasteiger partial charge in [-0.15, -0.1) is 0 Å². The SMILES string of the molecule is NNC(=O)C(Cc1ccccc1)C1(O)CCN(Cc2ccccc2)CC1. The number of carbonyl (C=O) groups excluding carboxylic acids is 1. The van der Waals surface area contributed by atoms with E-state index in [0.29, 0.717) is 19.3 Å². The van der Waals surface area contributed by atoms with Gasteiger partial charge in [-0.2, -0.15) is 0 Å². The number of rotatable bonds is 6. The monoisotopic (exact) mass is 353 g/mol. The first-order valence-corrected chi connectivity index (χ1v) is 9.14. The Kier molecular flexibility index (Phi) is 6.04. The number of hydrogen-bond acceptors (Lipinski definition) is 4. The molecule has 0 aliphatic carbocycles. The van der Waals surface area contributed by atoms with Crippen LogP contribution < -0.4 is 11.3 Å². The summed E-state index contributed by atoms with van der Waals surface area (Å²) in [5, 5.41) is 11.2. The maximum atomic E-state index is 12.4. The number of aliphatic hydroxyl groups is 1. The Hall–Kier alpha value is -2.21. The third-order valence-electron chi connectivity index (χ3n) is 5.36. The average molecular weight is 353 g/mol. The molecule has 26 heavy (non-hydrogen) atoms. The van der Waals surface area contributed by atoms with Crippen molar-refractivity contribution < 1.29 is 9.90 Å². The summed E-state index contributed by atoms with van der Waals surface area (Å²) < 4.78 is 0. The number of likely N-dealkylation sites (tertiary alicyclic amines) is 1. The molecule has 1 unspecified atom stereocenters. The largest absolute Gasteiger partial charge is 0.389 e. The molecule has 0 aromatic heterocycles. The van der Waals surface area contributed by atoms with E-state index in [1.807, 2.05) is 48.5 Å². The van der Waals surface area contributed by atoms with Gasteiger partial charge in [0.2, 0.25) is 5.91 Å². The van der Waals surface area contributed by atoms with Crippen LogP contribution in [0.15, 0.2) is 60.7 Å². The molecular formula is C21H27N3O2. The van der Waals surface area contributed by atoms with E-state index >= 15 is 0 Å². The van der Waals surface area contributed by atoms with E-state index in [-0.39, 0.29) is 5.91 Å². The van der Waals surface area contributed by atoms with E-state index < -0.39 is 11.5 Å². The molecular weight excluding hydrogens is 326 g/mol. The number of nitrogens with two attached hydrogens (primary N) is 1. The van der Waals surface area contributed by atoms with E-state index in [0.717, 1.165) is 25.2 Å². The van der Waals surface area contributed by atoms with Crippen molar-refractivity contribution in [1.29, 1.82) is 0 Å². The topological polar surface area (TPSA) is 78.6 Å². The minimum Gasteiger partial charge on any atom is -0.389 e. The lowest BCUT2D eigenvalue weighted by atomic mass is 9.76. The minimum absolute atomic E-state index is 0.298. The third-order valence-corrected chi connectivity index (χ3v) is 5.36. The number of piperidine rings is 1. The van der Waals surface area contributed by atoms with Crippen LogP contribution in [0.5, 0.6) is 0 Å². The molecule has 138 valence electrons. The molecule has 0 bridgehead atoms. The number of benzene rings is 2. The fraction of sp³-hybridized carbons (Fsp3) is 0.381. The summed E-state index contributed by atoms with van der Waals surface area (Å²) in [5.74, 6) is 4.55. The molecule has 1 amide bonds. The van der Waals surface area contributed by atoms with Crippen molar-refractivity contribution in [2.45, 2.75) is 31.4 Å². The first-order valence-electron chi connectivity index (χ1n) is 9.14. The van der Waals surface area contributed by atoms with Gasteiger partial charge in [-0.05, 0) is 30.4 Å². The maximum Gasteiger partial charge on any atom is 0.240 e. The van der Waals surface area contributed by atoms with Gasteiger partial charge in [-0.25, -0.2) is 5.84 Å². The predicted octanol–water partition coefficient (Wildman–Crippen LogP) is 1.86. The summed E-state index contributed by atoms with van der Waals surface area (Å²) in [5.41, 5.74) is 3.50. The molecule has 0 radical (unpaired) electrons. The summed E-state index contributed by atoms with van der Waals surface area (Å²) in [6.45, 7) is 2.38. The zero-order valence-electron chi connectivity index (χ0n) is 15.0. The predicted molar refractivity (Wildman–Crippen MR) is 102 cm³/mol. The molecule has 1 heterocycles. The van der Waals surface area contributed by atoms with Gasteiger partial charge in [0, 0.05) is 19.6 Å². The summed E-state index contributed by atoms with van der Waals surface area (Å²) in [4.78, 5) is 14.7. The molecule has 1 fully saturated rings. The second-order valence-corrected chi connectivity index (χ2v) is 7.12. The maximum absolute atomic E-state index is 12.4. The van der Waals surface area contributed by atoms with Crippen LogP contribution in [0.3, 0.4) is 0 Å². The number of nitrogens with one attached hydrogen (secondary N) is 1. The molecule has 0 spiro atoms. The standard InChI is InChI=1S/C21H27N3O2/c22-23-20(25)19(15-17-7-3-1-4-8-17)21(26)11-13-24(14-12-21)16-18-9-5-2-6-10-18/h1-10,19,26H,11-16,22H2,(H,23,25). The highest BCUT2D eigenvalue weighted by Gasteiger charge is 2.43. The highest BCUT2D eigenvalue weighted by molar-refractivity contribution is 5.79. The van der Waals surface area contributed by atoms with Crippen LogP contribution in [-0.2, 0) is 17.8 Å². The number of hydrazine groups is 1. The van der Waals surface area contributed by atoms with Crippen LogP contribution in [0.25, 0.3) is 0 Å². The van der Waals surface area contributed by atoms with Crippen molar-refractivity contribution >= 4 is 5.91 Å².